The number of aromatic nitrogens is 1. The molecule has 1 aromatic carbocycles. The average Bonchev–Trinajstić information content (AvgIpc) is 2.86. The second-order valence-electron chi connectivity index (χ2n) is 7.89. The van der Waals surface area contributed by atoms with E-state index < -0.39 is 0 Å². The highest BCUT2D eigenvalue weighted by Crippen LogP contribution is 2.51. The molecule has 1 fully saturated rings. The van der Waals surface area contributed by atoms with Crippen LogP contribution in [-0.4, -0.2) is 23.3 Å². The molecule has 1 aromatic heterocycles. The van der Waals surface area contributed by atoms with Crippen LogP contribution >= 0.6 is 0 Å². The molecule has 146 valence electrons. The maximum Gasteiger partial charge on any atom is 0.255 e. The number of hydrogen-bond acceptors (Lipinski definition) is 4. The Balaban J connectivity index is 1.66. The number of aryl methyl sites for hydroxylation is 1. The van der Waals surface area contributed by atoms with Gasteiger partial charge in [0.1, 0.15) is 11.5 Å². The number of carbonyl (C=O) groups is 2. The molecule has 1 aliphatic carbocycles. The minimum absolute atomic E-state index is 0.0330. The molecule has 1 N–H and O–H groups in total. The highest BCUT2D eigenvalue weighted by atomic mass is 16.5. The molecule has 1 aliphatic heterocycles. The molecule has 2 aromatic rings. The maximum atomic E-state index is 12.8. The van der Waals surface area contributed by atoms with Crippen molar-refractivity contribution in [3.63, 3.8) is 0 Å². The first-order valence-electron chi connectivity index (χ1n) is 10.1. The third-order valence-electron chi connectivity index (χ3n) is 6.50. The van der Waals surface area contributed by atoms with E-state index in [1.807, 2.05) is 31.2 Å². The number of Topliss-reactive ketones (excluding diaryl/α,β-unsaturated/α-hetero) is 1. The summed E-state index contributed by atoms with van der Waals surface area (Å²) in [7, 11) is 0. The Hall–Kier alpha value is -2.69. The number of anilines is 1. The quantitative estimate of drug-likeness (QED) is 0.857. The monoisotopic (exact) mass is 378 g/mol. The third-order valence-corrected chi connectivity index (χ3v) is 6.50. The number of benzene rings is 1. The van der Waals surface area contributed by atoms with Crippen LogP contribution in [0.15, 0.2) is 36.5 Å². The van der Waals surface area contributed by atoms with Crippen molar-refractivity contribution >= 4 is 17.4 Å². The van der Waals surface area contributed by atoms with Crippen molar-refractivity contribution in [1.29, 1.82) is 0 Å². The number of rotatable bonds is 3. The molecule has 28 heavy (non-hydrogen) atoms. The fourth-order valence-corrected chi connectivity index (χ4v) is 4.84. The van der Waals surface area contributed by atoms with Crippen molar-refractivity contribution in [2.75, 3.05) is 11.9 Å². The number of fused-ring (bicyclic) bond motifs is 3. The standard InChI is InChI=1S/C23H26N2O3/c1-3-23-10-8-18(26)14-17(23)9-12-28-21-13-16(6-7-19(21)23)22(27)25-20-5-4-11-24-15(20)2/h4-7,11,13,17H,3,8-10,12,14H2,1-2H3,(H,25,27). The molecule has 1 saturated carbocycles. The smallest absolute Gasteiger partial charge is 0.255 e. The van der Waals surface area contributed by atoms with Gasteiger partial charge in [0.05, 0.1) is 18.0 Å². The summed E-state index contributed by atoms with van der Waals surface area (Å²) in [4.78, 5) is 29.0. The number of pyridine rings is 1. The number of ketones is 1. The molecule has 2 unspecified atom stereocenters. The predicted octanol–water partition coefficient (Wildman–Crippen LogP) is 4.44. The molecule has 0 spiro atoms. The van der Waals surface area contributed by atoms with Crippen LogP contribution in [0.3, 0.4) is 0 Å². The molecule has 0 radical (unpaired) electrons. The largest absolute Gasteiger partial charge is 0.493 e. The molecular formula is C23H26N2O3. The van der Waals surface area contributed by atoms with Crippen LogP contribution in [0.5, 0.6) is 5.75 Å². The average molecular weight is 378 g/mol. The number of ether oxygens (including phenoxy) is 1. The van der Waals surface area contributed by atoms with Crippen molar-refractivity contribution in [2.24, 2.45) is 5.92 Å². The number of hydrogen-bond donors (Lipinski definition) is 1. The van der Waals surface area contributed by atoms with E-state index in [4.69, 9.17) is 4.74 Å². The van der Waals surface area contributed by atoms with Gasteiger partial charge in [-0.2, -0.15) is 0 Å². The molecule has 0 bridgehead atoms. The molecule has 5 heteroatoms. The van der Waals surface area contributed by atoms with Gasteiger partial charge >= 0.3 is 0 Å². The van der Waals surface area contributed by atoms with Gasteiger partial charge in [-0.25, -0.2) is 0 Å². The lowest BCUT2D eigenvalue weighted by Gasteiger charge is -2.42. The lowest BCUT2D eigenvalue weighted by atomic mass is 9.60. The molecular weight excluding hydrogens is 352 g/mol. The highest BCUT2D eigenvalue weighted by Gasteiger charge is 2.45. The van der Waals surface area contributed by atoms with Crippen molar-refractivity contribution in [1.82, 2.24) is 4.98 Å². The second kappa shape index (κ2) is 7.38. The molecule has 2 atom stereocenters. The Morgan fingerprint density at radius 1 is 1.36 bits per heavy atom. The summed E-state index contributed by atoms with van der Waals surface area (Å²) >= 11 is 0. The Morgan fingerprint density at radius 2 is 2.21 bits per heavy atom. The van der Waals surface area contributed by atoms with Crippen molar-refractivity contribution in [3.8, 4) is 5.75 Å². The van der Waals surface area contributed by atoms with Gasteiger partial charge in [0.2, 0.25) is 0 Å². The Kier molecular flexibility index (Phi) is 4.92. The normalized spacial score (nSPS) is 23.8. The van der Waals surface area contributed by atoms with Crippen LogP contribution < -0.4 is 10.1 Å². The molecule has 4 rings (SSSR count). The summed E-state index contributed by atoms with van der Waals surface area (Å²) in [6.07, 6.45) is 5.69. The highest BCUT2D eigenvalue weighted by molar-refractivity contribution is 6.04. The summed E-state index contributed by atoms with van der Waals surface area (Å²) in [5.41, 5.74) is 3.17. The topological polar surface area (TPSA) is 68.3 Å². The SMILES string of the molecule is CCC12CCC(=O)CC1CCOc1cc(C(=O)Nc3cccnc3C)ccc12. The van der Waals surface area contributed by atoms with Crippen molar-refractivity contribution < 1.29 is 14.3 Å². The van der Waals surface area contributed by atoms with E-state index in [1.165, 1.54) is 0 Å². The van der Waals surface area contributed by atoms with E-state index in [0.29, 0.717) is 42.4 Å². The zero-order chi connectivity index (χ0) is 19.7. The molecule has 2 aliphatic rings. The molecule has 1 amide bonds. The number of amides is 1. The van der Waals surface area contributed by atoms with Crippen LogP contribution in [0.2, 0.25) is 0 Å². The third kappa shape index (κ3) is 3.19. The molecule has 2 heterocycles. The fourth-order valence-electron chi connectivity index (χ4n) is 4.84. The Labute approximate surface area is 165 Å². The van der Waals surface area contributed by atoms with Crippen LogP contribution in [0.25, 0.3) is 0 Å². The number of nitrogens with zero attached hydrogens (tertiary/aromatic N) is 1. The number of nitrogens with one attached hydrogen (secondary N) is 1. The van der Waals surface area contributed by atoms with Crippen LogP contribution in [0, 0.1) is 12.8 Å². The summed E-state index contributed by atoms with van der Waals surface area (Å²) in [5.74, 6) is 1.29. The minimum atomic E-state index is -0.173. The second-order valence-corrected chi connectivity index (χ2v) is 7.89. The molecule has 0 saturated heterocycles. The van der Waals surface area contributed by atoms with Gasteiger partial charge in [-0.05, 0) is 56.4 Å². The van der Waals surface area contributed by atoms with E-state index in [1.54, 1.807) is 12.3 Å². The van der Waals surface area contributed by atoms with Crippen LogP contribution in [0.4, 0.5) is 5.69 Å². The summed E-state index contributed by atoms with van der Waals surface area (Å²) in [6.45, 7) is 4.65. The van der Waals surface area contributed by atoms with Gasteiger partial charge < -0.3 is 10.1 Å². The predicted molar refractivity (Wildman–Crippen MR) is 108 cm³/mol. The van der Waals surface area contributed by atoms with E-state index in [-0.39, 0.29) is 11.3 Å². The number of carbonyl (C=O) groups excluding carboxylic acids is 2. The fraction of sp³-hybridized carbons (Fsp3) is 0.435. The van der Waals surface area contributed by atoms with Crippen molar-refractivity contribution in [3.05, 3.63) is 53.3 Å². The minimum Gasteiger partial charge on any atom is -0.493 e. The van der Waals surface area contributed by atoms with E-state index in [9.17, 15) is 9.59 Å². The van der Waals surface area contributed by atoms with Crippen LogP contribution in [0.1, 0.15) is 60.6 Å². The summed E-state index contributed by atoms with van der Waals surface area (Å²) in [5, 5.41) is 2.93. The summed E-state index contributed by atoms with van der Waals surface area (Å²) in [6, 6.07) is 9.41. The Morgan fingerprint density at radius 3 is 3.00 bits per heavy atom. The van der Waals surface area contributed by atoms with Gasteiger partial charge in [-0.1, -0.05) is 13.0 Å². The first-order valence-corrected chi connectivity index (χ1v) is 10.1. The first kappa shape index (κ1) is 18.7. The van der Waals surface area contributed by atoms with Gasteiger partial charge in [-0.3, -0.25) is 14.6 Å². The van der Waals surface area contributed by atoms with E-state index >= 15 is 0 Å². The summed E-state index contributed by atoms with van der Waals surface area (Å²) < 4.78 is 6.06. The maximum absolute atomic E-state index is 12.8. The van der Waals surface area contributed by atoms with Crippen molar-refractivity contribution in [2.45, 2.75) is 51.4 Å². The lowest BCUT2D eigenvalue weighted by molar-refractivity contribution is -0.123. The zero-order valence-electron chi connectivity index (χ0n) is 16.5. The van der Waals surface area contributed by atoms with Gasteiger partial charge in [0.15, 0.2) is 0 Å². The first-order chi connectivity index (χ1) is 13.5. The van der Waals surface area contributed by atoms with E-state index in [2.05, 4.69) is 17.2 Å². The van der Waals surface area contributed by atoms with Gasteiger partial charge in [-0.15, -0.1) is 0 Å². The lowest BCUT2D eigenvalue weighted by Crippen LogP contribution is -2.40. The Bertz CT molecular complexity index is 924. The van der Waals surface area contributed by atoms with E-state index in [0.717, 1.165) is 36.3 Å². The molecule has 5 nitrogen and oxygen atoms in total. The van der Waals surface area contributed by atoms with Gasteiger partial charge in [0.25, 0.3) is 5.91 Å². The van der Waals surface area contributed by atoms with Crippen LogP contribution in [-0.2, 0) is 10.2 Å². The zero-order valence-corrected chi connectivity index (χ0v) is 16.5. The van der Waals surface area contributed by atoms with Gasteiger partial charge in [0, 0.05) is 35.6 Å².